The first kappa shape index (κ1) is 22.0. The highest BCUT2D eigenvalue weighted by atomic mass is 16.5. The second-order valence-electron chi connectivity index (χ2n) is 8.82. The van der Waals surface area contributed by atoms with Gasteiger partial charge in [-0.1, -0.05) is 6.42 Å². The Kier molecular flexibility index (Phi) is 5.95. The monoisotopic (exact) mass is 463 g/mol. The summed E-state index contributed by atoms with van der Waals surface area (Å²) in [7, 11) is 0. The fourth-order valence-electron chi connectivity index (χ4n) is 4.71. The molecule has 34 heavy (non-hydrogen) atoms. The molecule has 10 nitrogen and oxygen atoms in total. The number of amides is 4. The van der Waals surface area contributed by atoms with Crippen LogP contribution in [0, 0.1) is 0 Å². The van der Waals surface area contributed by atoms with E-state index < -0.39 is 17.9 Å². The van der Waals surface area contributed by atoms with Crippen LogP contribution in [0.1, 0.15) is 71.2 Å². The summed E-state index contributed by atoms with van der Waals surface area (Å²) < 4.78 is 5.94. The molecule has 1 atom stereocenters. The van der Waals surface area contributed by atoms with E-state index in [1.807, 2.05) is 0 Å². The molecule has 2 aliphatic heterocycles. The third-order valence-electron chi connectivity index (χ3n) is 6.48. The zero-order chi connectivity index (χ0) is 23.7. The van der Waals surface area contributed by atoms with Gasteiger partial charge in [0, 0.05) is 36.4 Å². The van der Waals surface area contributed by atoms with Gasteiger partial charge in [-0.25, -0.2) is 4.98 Å². The molecule has 2 N–H and O–H groups in total. The minimum Gasteiger partial charge on any atom is -0.474 e. The second-order valence-corrected chi connectivity index (χ2v) is 8.82. The molecular weight excluding hydrogens is 438 g/mol. The maximum absolute atomic E-state index is 12.8. The van der Waals surface area contributed by atoms with Crippen LogP contribution < -0.4 is 15.4 Å². The molecule has 176 valence electrons. The summed E-state index contributed by atoms with van der Waals surface area (Å²) in [4.78, 5) is 59.2. The largest absolute Gasteiger partial charge is 0.474 e. The Morgan fingerprint density at radius 1 is 1.09 bits per heavy atom. The lowest BCUT2D eigenvalue weighted by atomic mass is 9.98. The number of rotatable bonds is 5. The minimum atomic E-state index is -0.699. The van der Waals surface area contributed by atoms with Crippen LogP contribution in [0.2, 0.25) is 0 Å². The molecule has 2 aromatic rings. The number of nitrogens with zero attached hydrogens (tertiary/aromatic N) is 3. The van der Waals surface area contributed by atoms with Gasteiger partial charge >= 0.3 is 0 Å². The fourth-order valence-corrected chi connectivity index (χ4v) is 4.71. The highest BCUT2D eigenvalue weighted by Crippen LogP contribution is 2.28. The lowest BCUT2D eigenvalue weighted by molar-refractivity contribution is -0.136. The Morgan fingerprint density at radius 2 is 1.91 bits per heavy atom. The van der Waals surface area contributed by atoms with Gasteiger partial charge in [0.15, 0.2) is 0 Å². The van der Waals surface area contributed by atoms with Crippen molar-refractivity contribution in [3.63, 3.8) is 0 Å². The standard InChI is InChI=1S/C24H25N5O5/c30-19-9-8-18(22(32)26-19)29-13-15-12-14(6-7-17(15)23(29)33)21(31)28-24-25-11-10-20(27-24)34-16-4-2-1-3-5-16/h6-7,10-12,16,18H,1-5,8-9,13H2,(H,26,30,32)(H,25,27,28,31). The van der Waals surface area contributed by atoms with Gasteiger partial charge in [0.05, 0.1) is 0 Å². The third kappa shape index (κ3) is 4.48. The molecule has 1 unspecified atom stereocenters. The molecule has 1 saturated heterocycles. The number of imide groups is 1. The topological polar surface area (TPSA) is 131 Å². The molecule has 0 radical (unpaired) electrons. The van der Waals surface area contributed by atoms with E-state index >= 15 is 0 Å². The predicted molar refractivity (Wildman–Crippen MR) is 120 cm³/mol. The number of nitrogens with one attached hydrogen (secondary N) is 2. The van der Waals surface area contributed by atoms with Crippen LogP contribution in [0.25, 0.3) is 0 Å². The second kappa shape index (κ2) is 9.20. The van der Waals surface area contributed by atoms with Gasteiger partial charge < -0.3 is 9.64 Å². The Morgan fingerprint density at radius 3 is 2.71 bits per heavy atom. The summed E-state index contributed by atoms with van der Waals surface area (Å²) >= 11 is 0. The molecule has 4 amide bonds. The van der Waals surface area contributed by atoms with Gasteiger partial charge in [-0.15, -0.1) is 0 Å². The van der Waals surface area contributed by atoms with Crippen molar-refractivity contribution < 1.29 is 23.9 Å². The molecule has 0 spiro atoms. The van der Waals surface area contributed by atoms with Gasteiger partial charge in [0.25, 0.3) is 11.8 Å². The molecule has 0 bridgehead atoms. The quantitative estimate of drug-likeness (QED) is 0.650. The van der Waals surface area contributed by atoms with E-state index in [2.05, 4.69) is 20.6 Å². The number of aromatic nitrogens is 2. The number of hydrogen-bond acceptors (Lipinski definition) is 7. The number of piperidine rings is 1. The zero-order valence-corrected chi connectivity index (χ0v) is 18.6. The van der Waals surface area contributed by atoms with Crippen molar-refractivity contribution in [1.29, 1.82) is 0 Å². The van der Waals surface area contributed by atoms with Crippen molar-refractivity contribution >= 4 is 29.6 Å². The highest BCUT2D eigenvalue weighted by Gasteiger charge is 2.39. The molecule has 1 aliphatic carbocycles. The van der Waals surface area contributed by atoms with Crippen LogP contribution in [0.4, 0.5) is 5.95 Å². The first-order valence-corrected chi connectivity index (χ1v) is 11.6. The van der Waals surface area contributed by atoms with Crippen LogP contribution in [0.15, 0.2) is 30.5 Å². The molecule has 1 aromatic carbocycles. The SMILES string of the molecule is O=C1CCC(N2Cc3cc(C(=O)Nc4nccc(OC5CCCCC5)n4)ccc3C2=O)C(=O)N1. The van der Waals surface area contributed by atoms with Crippen molar-refractivity contribution in [3.05, 3.63) is 47.2 Å². The van der Waals surface area contributed by atoms with E-state index in [-0.39, 0.29) is 43.3 Å². The number of carbonyl (C=O) groups excluding carboxylic acids is 4. The molecule has 1 aromatic heterocycles. The van der Waals surface area contributed by atoms with E-state index in [0.29, 0.717) is 22.6 Å². The van der Waals surface area contributed by atoms with Gasteiger partial charge in [-0.05, 0) is 55.9 Å². The first-order valence-electron chi connectivity index (χ1n) is 11.6. The number of ether oxygens (including phenoxy) is 1. The zero-order valence-electron chi connectivity index (χ0n) is 18.6. The Labute approximate surface area is 196 Å². The van der Waals surface area contributed by atoms with Crippen molar-refractivity contribution in [1.82, 2.24) is 20.2 Å². The highest BCUT2D eigenvalue weighted by molar-refractivity contribution is 6.07. The maximum Gasteiger partial charge on any atom is 0.258 e. The number of anilines is 1. The van der Waals surface area contributed by atoms with Gasteiger partial charge in [0.2, 0.25) is 23.6 Å². The van der Waals surface area contributed by atoms with E-state index in [1.165, 1.54) is 11.3 Å². The lowest BCUT2D eigenvalue weighted by Crippen LogP contribution is -2.52. The van der Waals surface area contributed by atoms with E-state index in [0.717, 1.165) is 25.7 Å². The van der Waals surface area contributed by atoms with Crippen molar-refractivity contribution in [2.45, 2.75) is 63.6 Å². The minimum absolute atomic E-state index is 0.133. The van der Waals surface area contributed by atoms with Crippen LogP contribution >= 0.6 is 0 Å². The average Bonchev–Trinajstić information content (AvgIpc) is 3.15. The number of benzene rings is 1. The number of carbonyl (C=O) groups is 4. The Balaban J connectivity index is 1.26. The van der Waals surface area contributed by atoms with E-state index in [4.69, 9.17) is 4.74 Å². The molecule has 1 saturated carbocycles. The molecular formula is C24H25N5O5. The fraction of sp³-hybridized carbons (Fsp3) is 0.417. The normalized spacial score (nSPS) is 20.6. The molecule has 3 aliphatic rings. The average molecular weight is 463 g/mol. The summed E-state index contributed by atoms with van der Waals surface area (Å²) in [6.07, 6.45) is 7.64. The van der Waals surface area contributed by atoms with Crippen molar-refractivity contribution in [2.75, 3.05) is 5.32 Å². The summed E-state index contributed by atoms with van der Waals surface area (Å²) in [5.74, 6) is -0.934. The lowest BCUT2D eigenvalue weighted by Gasteiger charge is -2.29. The van der Waals surface area contributed by atoms with Gasteiger partial charge in [-0.2, -0.15) is 4.98 Å². The Hall–Kier alpha value is -3.82. The van der Waals surface area contributed by atoms with Crippen LogP contribution in [0.5, 0.6) is 5.88 Å². The van der Waals surface area contributed by atoms with Crippen LogP contribution in [-0.2, 0) is 16.1 Å². The molecule has 2 fully saturated rings. The van der Waals surface area contributed by atoms with Gasteiger partial charge in [-0.3, -0.25) is 29.8 Å². The number of hydrogen-bond donors (Lipinski definition) is 2. The smallest absolute Gasteiger partial charge is 0.258 e. The van der Waals surface area contributed by atoms with Gasteiger partial charge in [0.1, 0.15) is 12.1 Å². The van der Waals surface area contributed by atoms with Crippen LogP contribution in [-0.4, -0.2) is 50.6 Å². The third-order valence-corrected chi connectivity index (χ3v) is 6.48. The predicted octanol–water partition coefficient (Wildman–Crippen LogP) is 2.20. The maximum atomic E-state index is 12.8. The number of fused-ring (bicyclic) bond motifs is 1. The molecule has 5 rings (SSSR count). The van der Waals surface area contributed by atoms with Crippen LogP contribution in [0.3, 0.4) is 0 Å². The summed E-state index contributed by atoms with van der Waals surface area (Å²) in [5.41, 5.74) is 1.44. The first-order chi connectivity index (χ1) is 16.5. The molecule has 3 heterocycles. The summed E-state index contributed by atoms with van der Waals surface area (Å²) in [5, 5.41) is 4.96. The van der Waals surface area contributed by atoms with Crippen molar-refractivity contribution in [3.8, 4) is 5.88 Å². The van der Waals surface area contributed by atoms with E-state index in [1.54, 1.807) is 30.5 Å². The van der Waals surface area contributed by atoms with Crippen molar-refractivity contribution in [2.24, 2.45) is 0 Å². The Bertz CT molecular complexity index is 1160. The van der Waals surface area contributed by atoms with E-state index in [9.17, 15) is 19.2 Å². The molecule has 10 heteroatoms. The summed E-state index contributed by atoms with van der Waals surface area (Å²) in [6.45, 7) is 0.197. The summed E-state index contributed by atoms with van der Waals surface area (Å²) in [6, 6.07) is 5.76.